The Morgan fingerprint density at radius 2 is 1.76 bits per heavy atom. The van der Waals surface area contributed by atoms with Crippen LogP contribution in [0.3, 0.4) is 0 Å². The molecule has 0 heterocycles. The first-order valence-corrected chi connectivity index (χ1v) is 9.59. The zero-order valence-electron chi connectivity index (χ0n) is 15.7. The van der Waals surface area contributed by atoms with E-state index in [1.807, 2.05) is 48.5 Å². The highest BCUT2D eigenvalue weighted by Gasteiger charge is 2.06. The average molecular weight is 428 g/mol. The molecule has 0 aliphatic carbocycles. The van der Waals surface area contributed by atoms with Crippen LogP contribution in [0.2, 0.25) is 10.0 Å². The van der Waals surface area contributed by atoms with E-state index in [0.29, 0.717) is 33.8 Å². The number of anilines is 1. The van der Waals surface area contributed by atoms with Gasteiger partial charge in [0.1, 0.15) is 6.61 Å². The highest BCUT2D eigenvalue weighted by molar-refractivity contribution is 6.42. The molecule has 0 fully saturated rings. The molecule has 3 aromatic rings. The Morgan fingerprint density at radius 1 is 0.966 bits per heavy atom. The number of carbonyl (C=O) groups excluding carboxylic acids is 1. The summed E-state index contributed by atoms with van der Waals surface area (Å²) in [6, 6.07) is 20.3. The number of hydrogen-bond donors (Lipinski definition) is 1. The van der Waals surface area contributed by atoms with Crippen LogP contribution < -0.4 is 14.8 Å². The molecule has 4 nitrogen and oxygen atoms in total. The van der Waals surface area contributed by atoms with Gasteiger partial charge in [0.15, 0.2) is 11.5 Å². The standard InChI is InChI=1S/C23H19Cl2NO3/c1-28-22-13-16(7-11-21(22)29-15-17-5-3-2-4-6-17)8-12-23(27)26-18-9-10-19(24)20(25)14-18/h2-14H,15H2,1H3,(H,26,27). The van der Waals surface area contributed by atoms with Crippen molar-refractivity contribution in [3.63, 3.8) is 0 Å². The van der Waals surface area contributed by atoms with E-state index in [1.54, 1.807) is 31.4 Å². The van der Waals surface area contributed by atoms with Gasteiger partial charge in [0.25, 0.3) is 0 Å². The van der Waals surface area contributed by atoms with E-state index in [1.165, 1.54) is 6.08 Å². The summed E-state index contributed by atoms with van der Waals surface area (Å²) < 4.78 is 11.3. The van der Waals surface area contributed by atoms with Gasteiger partial charge in [-0.3, -0.25) is 4.79 Å². The number of rotatable bonds is 7. The topological polar surface area (TPSA) is 47.6 Å². The number of ether oxygens (including phenoxy) is 2. The van der Waals surface area contributed by atoms with Crippen LogP contribution in [0.5, 0.6) is 11.5 Å². The molecule has 0 atom stereocenters. The minimum atomic E-state index is -0.285. The molecule has 0 aliphatic heterocycles. The molecule has 0 aromatic heterocycles. The van der Waals surface area contributed by atoms with Crippen LogP contribution in [0.4, 0.5) is 5.69 Å². The van der Waals surface area contributed by atoms with E-state index in [2.05, 4.69) is 5.32 Å². The zero-order chi connectivity index (χ0) is 20.6. The Bertz CT molecular complexity index is 1020. The third kappa shape index (κ3) is 6.01. The molecule has 0 spiro atoms. The van der Waals surface area contributed by atoms with Crippen LogP contribution in [0.25, 0.3) is 6.08 Å². The van der Waals surface area contributed by atoms with E-state index < -0.39 is 0 Å². The lowest BCUT2D eigenvalue weighted by molar-refractivity contribution is -0.111. The van der Waals surface area contributed by atoms with Crippen molar-refractivity contribution in [1.29, 1.82) is 0 Å². The van der Waals surface area contributed by atoms with Crippen molar-refractivity contribution < 1.29 is 14.3 Å². The van der Waals surface area contributed by atoms with Gasteiger partial charge in [-0.2, -0.15) is 0 Å². The number of amides is 1. The summed E-state index contributed by atoms with van der Waals surface area (Å²) in [5.74, 6) is 0.938. The van der Waals surface area contributed by atoms with E-state index >= 15 is 0 Å². The van der Waals surface area contributed by atoms with Gasteiger partial charge in [0.05, 0.1) is 17.2 Å². The van der Waals surface area contributed by atoms with Crippen molar-refractivity contribution in [2.45, 2.75) is 6.61 Å². The molecule has 29 heavy (non-hydrogen) atoms. The third-order valence-corrected chi connectivity index (χ3v) is 4.78. The second kappa shape index (κ2) is 10.0. The Balaban J connectivity index is 1.64. The van der Waals surface area contributed by atoms with Gasteiger partial charge in [-0.15, -0.1) is 0 Å². The molecule has 0 unspecified atom stereocenters. The van der Waals surface area contributed by atoms with Gasteiger partial charge in [-0.1, -0.05) is 59.6 Å². The van der Waals surface area contributed by atoms with Crippen LogP contribution >= 0.6 is 23.2 Å². The Morgan fingerprint density at radius 3 is 2.48 bits per heavy atom. The van der Waals surface area contributed by atoms with Crippen molar-refractivity contribution in [3.05, 3.63) is 94.0 Å². The van der Waals surface area contributed by atoms with Crippen LogP contribution in [0.15, 0.2) is 72.8 Å². The number of carbonyl (C=O) groups is 1. The fourth-order valence-corrected chi connectivity index (χ4v) is 2.87. The number of benzene rings is 3. The lowest BCUT2D eigenvalue weighted by Gasteiger charge is -2.11. The van der Waals surface area contributed by atoms with Gasteiger partial charge in [0.2, 0.25) is 5.91 Å². The van der Waals surface area contributed by atoms with E-state index in [-0.39, 0.29) is 5.91 Å². The molecule has 1 amide bonds. The summed E-state index contributed by atoms with van der Waals surface area (Å²) in [7, 11) is 1.58. The molecule has 6 heteroatoms. The van der Waals surface area contributed by atoms with Crippen molar-refractivity contribution in [3.8, 4) is 11.5 Å². The molecule has 0 saturated carbocycles. The average Bonchev–Trinajstić information content (AvgIpc) is 2.74. The highest BCUT2D eigenvalue weighted by Crippen LogP contribution is 2.29. The van der Waals surface area contributed by atoms with Crippen molar-refractivity contribution in [2.24, 2.45) is 0 Å². The first-order valence-electron chi connectivity index (χ1n) is 8.84. The molecule has 1 N–H and O–H groups in total. The molecular weight excluding hydrogens is 409 g/mol. The van der Waals surface area contributed by atoms with Gasteiger partial charge in [0, 0.05) is 11.8 Å². The van der Waals surface area contributed by atoms with Crippen molar-refractivity contribution >= 4 is 40.9 Å². The van der Waals surface area contributed by atoms with E-state index in [9.17, 15) is 4.79 Å². The molecule has 0 saturated heterocycles. The van der Waals surface area contributed by atoms with Crippen LogP contribution in [0, 0.1) is 0 Å². The Labute approximate surface area is 179 Å². The second-order valence-electron chi connectivity index (χ2n) is 6.14. The summed E-state index contributed by atoms with van der Waals surface area (Å²) in [5, 5.41) is 3.55. The minimum absolute atomic E-state index is 0.285. The summed E-state index contributed by atoms with van der Waals surface area (Å²) >= 11 is 11.8. The van der Waals surface area contributed by atoms with Gasteiger partial charge in [-0.05, 0) is 47.5 Å². The predicted molar refractivity (Wildman–Crippen MR) is 118 cm³/mol. The van der Waals surface area contributed by atoms with E-state index in [4.69, 9.17) is 32.7 Å². The summed E-state index contributed by atoms with van der Waals surface area (Å²) in [4.78, 5) is 12.1. The first kappa shape index (κ1) is 20.8. The van der Waals surface area contributed by atoms with Crippen LogP contribution in [-0.4, -0.2) is 13.0 Å². The fraction of sp³-hybridized carbons (Fsp3) is 0.0870. The summed E-state index contributed by atoms with van der Waals surface area (Å²) in [6.07, 6.45) is 3.12. The van der Waals surface area contributed by atoms with E-state index in [0.717, 1.165) is 11.1 Å². The van der Waals surface area contributed by atoms with Crippen LogP contribution in [-0.2, 0) is 11.4 Å². The highest BCUT2D eigenvalue weighted by atomic mass is 35.5. The molecule has 0 aliphatic rings. The smallest absolute Gasteiger partial charge is 0.248 e. The second-order valence-corrected chi connectivity index (χ2v) is 6.95. The molecule has 3 rings (SSSR count). The quantitative estimate of drug-likeness (QED) is 0.454. The number of hydrogen-bond acceptors (Lipinski definition) is 3. The van der Waals surface area contributed by atoms with Crippen LogP contribution in [0.1, 0.15) is 11.1 Å². The first-order chi connectivity index (χ1) is 14.0. The van der Waals surface area contributed by atoms with Gasteiger partial charge < -0.3 is 14.8 Å². The van der Waals surface area contributed by atoms with Gasteiger partial charge in [-0.25, -0.2) is 0 Å². The Kier molecular flexibility index (Phi) is 7.17. The number of methoxy groups -OCH3 is 1. The predicted octanol–water partition coefficient (Wildman–Crippen LogP) is 6.23. The fourth-order valence-electron chi connectivity index (χ4n) is 2.57. The zero-order valence-corrected chi connectivity index (χ0v) is 17.2. The van der Waals surface area contributed by atoms with Crippen molar-refractivity contribution in [1.82, 2.24) is 0 Å². The SMILES string of the molecule is COc1cc(C=CC(=O)Nc2ccc(Cl)c(Cl)c2)ccc1OCc1ccccc1. The molecule has 3 aromatic carbocycles. The van der Waals surface area contributed by atoms with Gasteiger partial charge >= 0.3 is 0 Å². The maximum atomic E-state index is 12.1. The Hall–Kier alpha value is -2.95. The summed E-state index contributed by atoms with van der Waals surface area (Å²) in [6.45, 7) is 0.443. The summed E-state index contributed by atoms with van der Waals surface area (Å²) in [5.41, 5.74) is 2.44. The number of nitrogens with one attached hydrogen (secondary N) is 1. The third-order valence-electron chi connectivity index (χ3n) is 4.04. The molecule has 0 bridgehead atoms. The number of halogens is 2. The lowest BCUT2D eigenvalue weighted by atomic mass is 10.2. The lowest BCUT2D eigenvalue weighted by Crippen LogP contribution is -2.07. The molecule has 0 radical (unpaired) electrons. The maximum absolute atomic E-state index is 12.1. The van der Waals surface area contributed by atoms with Crippen molar-refractivity contribution in [2.75, 3.05) is 12.4 Å². The molecule has 148 valence electrons. The minimum Gasteiger partial charge on any atom is -0.493 e. The molecular formula is C23H19Cl2NO3. The largest absolute Gasteiger partial charge is 0.493 e. The maximum Gasteiger partial charge on any atom is 0.248 e. The normalized spacial score (nSPS) is 10.7. The monoisotopic (exact) mass is 427 g/mol.